The fourth-order valence-electron chi connectivity index (χ4n) is 4.06. The summed E-state index contributed by atoms with van der Waals surface area (Å²) in [5, 5.41) is 0. The molecule has 0 amide bonds. The van der Waals surface area contributed by atoms with Crippen molar-refractivity contribution < 1.29 is 22.7 Å². The van der Waals surface area contributed by atoms with Crippen LogP contribution >= 0.6 is 0 Å². The van der Waals surface area contributed by atoms with E-state index in [0.717, 1.165) is 17.1 Å². The highest BCUT2D eigenvalue weighted by Gasteiger charge is 2.30. The topological polar surface area (TPSA) is 85.7 Å². The second-order valence-electron chi connectivity index (χ2n) is 8.36. The SMILES string of the molecule is Cc1ccc(-n2c(C)cc(C(=O)COC(=O)C3CCN(S(C)(=O)=O)CC3)c2C)cc1C. The minimum Gasteiger partial charge on any atom is -0.457 e. The number of hydrogen-bond donors (Lipinski definition) is 0. The number of aryl methyl sites for hydroxylation is 3. The maximum atomic E-state index is 12.8. The number of ketones is 1. The molecule has 31 heavy (non-hydrogen) atoms. The Hall–Kier alpha value is -2.45. The van der Waals surface area contributed by atoms with Gasteiger partial charge in [0.2, 0.25) is 15.8 Å². The van der Waals surface area contributed by atoms with Crippen LogP contribution in [0.25, 0.3) is 5.69 Å². The number of carbonyl (C=O) groups is 2. The summed E-state index contributed by atoms with van der Waals surface area (Å²) in [6, 6.07) is 8.00. The molecule has 168 valence electrons. The predicted octanol–water partition coefficient (Wildman–Crippen LogP) is 3.11. The van der Waals surface area contributed by atoms with Crippen LogP contribution in [0.1, 0.15) is 45.7 Å². The molecule has 1 aliphatic heterocycles. The number of carbonyl (C=O) groups excluding carboxylic acids is 2. The molecule has 1 aromatic heterocycles. The highest BCUT2D eigenvalue weighted by atomic mass is 32.2. The molecule has 1 aliphatic rings. The molecule has 0 unspecified atom stereocenters. The maximum Gasteiger partial charge on any atom is 0.309 e. The summed E-state index contributed by atoms with van der Waals surface area (Å²) in [5.41, 5.74) is 5.65. The van der Waals surface area contributed by atoms with Gasteiger partial charge in [-0.15, -0.1) is 0 Å². The van der Waals surface area contributed by atoms with E-state index in [-0.39, 0.29) is 18.3 Å². The van der Waals surface area contributed by atoms with Gasteiger partial charge in [0.15, 0.2) is 6.61 Å². The maximum absolute atomic E-state index is 12.8. The van der Waals surface area contributed by atoms with E-state index in [1.54, 1.807) is 0 Å². The quantitative estimate of drug-likeness (QED) is 0.503. The summed E-state index contributed by atoms with van der Waals surface area (Å²) in [5.74, 6) is -1.07. The number of ether oxygens (including phenoxy) is 1. The number of Topliss-reactive ketones (excluding diaryl/α,β-unsaturated/α-hetero) is 1. The monoisotopic (exact) mass is 446 g/mol. The molecular weight excluding hydrogens is 416 g/mol. The Morgan fingerprint density at radius 1 is 1.03 bits per heavy atom. The summed E-state index contributed by atoms with van der Waals surface area (Å²) in [6.45, 7) is 8.22. The molecular formula is C23H30N2O5S. The largest absolute Gasteiger partial charge is 0.457 e. The van der Waals surface area contributed by atoms with Gasteiger partial charge in [-0.3, -0.25) is 9.59 Å². The minimum absolute atomic E-state index is 0.245. The lowest BCUT2D eigenvalue weighted by Gasteiger charge is -2.28. The van der Waals surface area contributed by atoms with Crippen LogP contribution in [0, 0.1) is 33.6 Å². The van der Waals surface area contributed by atoms with E-state index in [2.05, 4.69) is 26.0 Å². The van der Waals surface area contributed by atoms with E-state index in [1.807, 2.05) is 30.5 Å². The molecule has 2 heterocycles. The second-order valence-corrected chi connectivity index (χ2v) is 10.3. The van der Waals surface area contributed by atoms with Crippen LogP contribution < -0.4 is 0 Å². The summed E-state index contributed by atoms with van der Waals surface area (Å²) in [4.78, 5) is 25.2. The molecule has 2 aromatic rings. The Kier molecular flexibility index (Phi) is 6.71. The first-order valence-electron chi connectivity index (χ1n) is 10.4. The zero-order valence-electron chi connectivity index (χ0n) is 18.8. The number of rotatable bonds is 6. The Balaban J connectivity index is 1.65. The van der Waals surface area contributed by atoms with Crippen molar-refractivity contribution in [3.8, 4) is 5.69 Å². The molecule has 3 rings (SSSR count). The predicted molar refractivity (Wildman–Crippen MR) is 119 cm³/mol. The van der Waals surface area contributed by atoms with Crippen molar-refractivity contribution in [2.45, 2.75) is 40.5 Å². The fourth-order valence-corrected chi connectivity index (χ4v) is 4.94. The first-order valence-corrected chi connectivity index (χ1v) is 12.3. The molecule has 0 atom stereocenters. The molecule has 0 saturated carbocycles. The van der Waals surface area contributed by atoms with Gasteiger partial charge in [-0.05, 0) is 69.9 Å². The standard InChI is InChI=1S/C23H30N2O5S/c1-15-6-7-20(12-16(15)2)25-17(3)13-21(18(25)4)22(26)14-30-23(27)19-8-10-24(11-9-19)31(5,28)29/h6-7,12-13,19H,8-11,14H2,1-5H3. The Bertz CT molecular complexity index is 1110. The van der Waals surface area contributed by atoms with Crippen LogP contribution in [0.4, 0.5) is 0 Å². The number of nitrogens with zero attached hydrogens (tertiary/aromatic N) is 2. The summed E-state index contributed by atoms with van der Waals surface area (Å²) in [7, 11) is -3.25. The van der Waals surface area contributed by atoms with Crippen molar-refractivity contribution in [1.82, 2.24) is 8.87 Å². The number of benzene rings is 1. The minimum atomic E-state index is -3.25. The van der Waals surface area contributed by atoms with Crippen LogP contribution in [-0.4, -0.2) is 55.0 Å². The summed E-state index contributed by atoms with van der Waals surface area (Å²) >= 11 is 0. The van der Waals surface area contributed by atoms with Crippen molar-refractivity contribution >= 4 is 21.8 Å². The molecule has 0 radical (unpaired) electrons. The average molecular weight is 447 g/mol. The number of aromatic nitrogens is 1. The third-order valence-electron chi connectivity index (χ3n) is 6.08. The summed E-state index contributed by atoms with van der Waals surface area (Å²) < 4.78 is 31.9. The van der Waals surface area contributed by atoms with Crippen LogP contribution in [-0.2, 0) is 19.6 Å². The Morgan fingerprint density at radius 2 is 1.68 bits per heavy atom. The van der Waals surface area contributed by atoms with E-state index in [9.17, 15) is 18.0 Å². The normalized spacial score (nSPS) is 15.8. The molecule has 0 spiro atoms. The highest BCUT2D eigenvalue weighted by Crippen LogP contribution is 2.24. The molecule has 8 heteroatoms. The van der Waals surface area contributed by atoms with Gasteiger partial charge >= 0.3 is 5.97 Å². The van der Waals surface area contributed by atoms with Crippen molar-refractivity contribution in [2.24, 2.45) is 5.92 Å². The summed E-state index contributed by atoms with van der Waals surface area (Å²) in [6.07, 6.45) is 1.97. The lowest BCUT2D eigenvalue weighted by molar-refractivity contribution is -0.148. The highest BCUT2D eigenvalue weighted by molar-refractivity contribution is 7.88. The molecule has 1 fully saturated rings. The number of hydrogen-bond acceptors (Lipinski definition) is 5. The smallest absolute Gasteiger partial charge is 0.309 e. The third-order valence-corrected chi connectivity index (χ3v) is 7.39. The van der Waals surface area contributed by atoms with Gasteiger partial charge in [0.25, 0.3) is 0 Å². The Morgan fingerprint density at radius 3 is 2.26 bits per heavy atom. The first kappa shape index (κ1) is 23.2. The van der Waals surface area contributed by atoms with E-state index >= 15 is 0 Å². The molecule has 1 saturated heterocycles. The van der Waals surface area contributed by atoms with Gasteiger partial charge < -0.3 is 9.30 Å². The first-order chi connectivity index (χ1) is 14.5. The van der Waals surface area contributed by atoms with Crippen molar-refractivity contribution in [2.75, 3.05) is 26.0 Å². The van der Waals surface area contributed by atoms with Gasteiger partial charge in [-0.2, -0.15) is 0 Å². The lowest BCUT2D eigenvalue weighted by Crippen LogP contribution is -2.40. The van der Waals surface area contributed by atoms with E-state index in [0.29, 0.717) is 31.5 Å². The van der Waals surface area contributed by atoms with Gasteiger partial charge in [0.05, 0.1) is 12.2 Å². The van der Waals surface area contributed by atoms with Gasteiger partial charge in [0.1, 0.15) is 0 Å². The van der Waals surface area contributed by atoms with Crippen LogP contribution in [0.15, 0.2) is 24.3 Å². The van der Waals surface area contributed by atoms with Gasteiger partial charge in [-0.25, -0.2) is 12.7 Å². The lowest BCUT2D eigenvalue weighted by atomic mass is 9.98. The van der Waals surface area contributed by atoms with Crippen molar-refractivity contribution in [1.29, 1.82) is 0 Å². The van der Waals surface area contributed by atoms with Gasteiger partial charge in [0, 0.05) is 35.7 Å². The van der Waals surface area contributed by atoms with E-state index < -0.39 is 16.0 Å². The molecule has 7 nitrogen and oxygen atoms in total. The number of piperidine rings is 1. The van der Waals surface area contributed by atoms with Crippen molar-refractivity contribution in [3.05, 3.63) is 52.3 Å². The zero-order valence-corrected chi connectivity index (χ0v) is 19.6. The third kappa shape index (κ3) is 5.07. The fraction of sp³-hybridized carbons (Fsp3) is 0.478. The van der Waals surface area contributed by atoms with Crippen LogP contribution in [0.2, 0.25) is 0 Å². The van der Waals surface area contributed by atoms with E-state index in [4.69, 9.17) is 4.74 Å². The van der Waals surface area contributed by atoms with Gasteiger partial charge in [-0.1, -0.05) is 6.07 Å². The van der Waals surface area contributed by atoms with E-state index in [1.165, 1.54) is 21.7 Å². The molecule has 0 bridgehead atoms. The molecule has 0 aliphatic carbocycles. The Labute approximate surface area is 184 Å². The number of sulfonamides is 1. The van der Waals surface area contributed by atoms with Crippen molar-refractivity contribution in [3.63, 3.8) is 0 Å². The van der Waals surface area contributed by atoms with Crippen LogP contribution in [0.3, 0.4) is 0 Å². The zero-order chi connectivity index (χ0) is 22.9. The second kappa shape index (κ2) is 8.96. The molecule has 0 N–H and O–H groups in total. The molecule has 1 aromatic carbocycles. The van der Waals surface area contributed by atoms with Crippen LogP contribution in [0.5, 0.6) is 0 Å². The average Bonchev–Trinajstić information content (AvgIpc) is 3.01. The number of esters is 1.